The van der Waals surface area contributed by atoms with Gasteiger partial charge in [0, 0.05) is 18.4 Å². The lowest BCUT2D eigenvalue weighted by Gasteiger charge is -2.38. The number of rotatable bonds is 3. The Morgan fingerprint density at radius 3 is 2.67 bits per heavy atom. The average Bonchev–Trinajstić information content (AvgIpc) is 2.36. The molecule has 3 heteroatoms. The molecule has 1 unspecified atom stereocenters. The van der Waals surface area contributed by atoms with Crippen molar-refractivity contribution in [3.63, 3.8) is 0 Å². The van der Waals surface area contributed by atoms with Gasteiger partial charge in [-0.1, -0.05) is 36.5 Å². The quantitative estimate of drug-likeness (QED) is 0.846. The summed E-state index contributed by atoms with van der Waals surface area (Å²) in [5, 5.41) is 0. The van der Waals surface area contributed by atoms with E-state index in [0.717, 1.165) is 31.8 Å². The van der Waals surface area contributed by atoms with Gasteiger partial charge in [0.15, 0.2) is 0 Å². The molecular weight excluding hydrogens is 240 g/mol. The van der Waals surface area contributed by atoms with E-state index >= 15 is 0 Å². The highest BCUT2D eigenvalue weighted by Gasteiger charge is 2.29. The number of benzene rings is 1. The number of fused-ring (bicyclic) bond motifs is 1. The number of likely N-dealkylation sites (tertiary alicyclic amines) is 1. The Bertz CT molecular complexity index is 450. The van der Waals surface area contributed by atoms with Crippen molar-refractivity contribution in [1.82, 2.24) is 4.90 Å². The first kappa shape index (κ1) is 12.1. The van der Waals surface area contributed by atoms with Crippen LogP contribution in [0.4, 0.5) is 0 Å². The molecule has 3 rings (SSSR count). The first-order valence-electron chi connectivity index (χ1n) is 6.83. The fourth-order valence-electron chi connectivity index (χ4n) is 3.24. The van der Waals surface area contributed by atoms with Crippen molar-refractivity contribution in [2.75, 3.05) is 19.6 Å². The van der Waals surface area contributed by atoms with E-state index in [1.54, 1.807) is 11.1 Å². The maximum atomic E-state index is 5.73. The summed E-state index contributed by atoms with van der Waals surface area (Å²) >= 11 is 5.09. The van der Waals surface area contributed by atoms with Crippen LogP contribution < -0.4 is 5.73 Å². The van der Waals surface area contributed by atoms with Crippen molar-refractivity contribution < 1.29 is 0 Å². The second-order valence-corrected chi connectivity index (χ2v) is 6.05. The Kier molecular flexibility index (Phi) is 3.35. The first-order valence-corrected chi connectivity index (χ1v) is 7.24. The van der Waals surface area contributed by atoms with Crippen molar-refractivity contribution in [2.24, 2.45) is 11.7 Å². The maximum absolute atomic E-state index is 5.73. The summed E-state index contributed by atoms with van der Waals surface area (Å²) in [6.07, 6.45) is 3.54. The summed E-state index contributed by atoms with van der Waals surface area (Å²) in [6.45, 7) is 3.52. The third kappa shape index (κ3) is 2.29. The monoisotopic (exact) mass is 260 g/mol. The molecule has 0 spiro atoms. The molecule has 1 fully saturated rings. The van der Waals surface area contributed by atoms with Crippen molar-refractivity contribution in [1.29, 1.82) is 0 Å². The molecule has 0 amide bonds. The molecule has 0 saturated carbocycles. The maximum Gasteiger partial charge on any atom is 0.0759 e. The highest BCUT2D eigenvalue weighted by Crippen LogP contribution is 2.35. The molecule has 1 aliphatic heterocycles. The van der Waals surface area contributed by atoms with Gasteiger partial charge in [-0.05, 0) is 43.5 Å². The minimum atomic E-state index is 0.477. The van der Waals surface area contributed by atoms with E-state index in [1.807, 2.05) is 0 Å². The fourth-order valence-corrected chi connectivity index (χ4v) is 3.47. The zero-order valence-corrected chi connectivity index (χ0v) is 11.5. The Balaban J connectivity index is 1.53. The largest absolute Gasteiger partial charge is 0.393 e. The molecule has 1 heterocycles. The number of thiocarbonyl (C=S) groups is 1. The summed E-state index contributed by atoms with van der Waals surface area (Å²) in [7, 11) is 0. The van der Waals surface area contributed by atoms with Gasteiger partial charge in [-0.15, -0.1) is 0 Å². The van der Waals surface area contributed by atoms with Crippen LogP contribution in [0.1, 0.15) is 29.9 Å². The zero-order chi connectivity index (χ0) is 12.5. The van der Waals surface area contributed by atoms with Crippen LogP contribution in [0.5, 0.6) is 0 Å². The van der Waals surface area contributed by atoms with Gasteiger partial charge in [-0.3, -0.25) is 0 Å². The van der Waals surface area contributed by atoms with Crippen LogP contribution in [0, 0.1) is 5.92 Å². The fraction of sp³-hybridized carbons (Fsp3) is 0.533. The summed E-state index contributed by atoms with van der Waals surface area (Å²) in [5.41, 5.74) is 8.83. The van der Waals surface area contributed by atoms with Crippen molar-refractivity contribution in [3.05, 3.63) is 35.4 Å². The van der Waals surface area contributed by atoms with E-state index in [4.69, 9.17) is 18.0 Å². The van der Waals surface area contributed by atoms with Gasteiger partial charge in [-0.2, -0.15) is 0 Å². The average molecular weight is 260 g/mol. The topological polar surface area (TPSA) is 29.3 Å². The second-order valence-electron chi connectivity index (χ2n) is 5.58. The van der Waals surface area contributed by atoms with Crippen LogP contribution in [0.25, 0.3) is 0 Å². The van der Waals surface area contributed by atoms with Gasteiger partial charge in [0.05, 0.1) is 4.99 Å². The Hall–Kier alpha value is -0.930. The smallest absolute Gasteiger partial charge is 0.0759 e. The summed E-state index contributed by atoms with van der Waals surface area (Å²) < 4.78 is 0. The molecule has 1 aromatic rings. The molecule has 1 aromatic carbocycles. The van der Waals surface area contributed by atoms with Gasteiger partial charge >= 0.3 is 0 Å². The molecular formula is C15H20N2S. The third-order valence-electron chi connectivity index (χ3n) is 4.43. The third-order valence-corrected chi connectivity index (χ3v) is 4.76. The van der Waals surface area contributed by atoms with E-state index in [-0.39, 0.29) is 0 Å². The van der Waals surface area contributed by atoms with Crippen LogP contribution in [-0.4, -0.2) is 29.5 Å². The minimum Gasteiger partial charge on any atom is -0.393 e. The molecule has 2 N–H and O–H groups in total. The lowest BCUT2D eigenvalue weighted by molar-refractivity contribution is 0.193. The van der Waals surface area contributed by atoms with Crippen molar-refractivity contribution in [2.45, 2.75) is 25.2 Å². The number of nitrogens with two attached hydrogens (primary N) is 1. The van der Waals surface area contributed by atoms with Crippen LogP contribution >= 0.6 is 12.2 Å². The van der Waals surface area contributed by atoms with Gasteiger partial charge in [-0.25, -0.2) is 0 Å². The number of piperidine rings is 1. The van der Waals surface area contributed by atoms with Crippen LogP contribution in [0.15, 0.2) is 24.3 Å². The van der Waals surface area contributed by atoms with E-state index < -0.39 is 0 Å². The zero-order valence-electron chi connectivity index (χ0n) is 10.6. The van der Waals surface area contributed by atoms with E-state index in [0.29, 0.717) is 10.9 Å². The van der Waals surface area contributed by atoms with Gasteiger partial charge in [0.25, 0.3) is 0 Å². The van der Waals surface area contributed by atoms with Gasteiger partial charge in [0.1, 0.15) is 0 Å². The Morgan fingerprint density at radius 2 is 2.00 bits per heavy atom. The lowest BCUT2D eigenvalue weighted by atomic mass is 9.77. The minimum absolute atomic E-state index is 0.477. The molecule has 96 valence electrons. The highest BCUT2D eigenvalue weighted by atomic mass is 32.1. The summed E-state index contributed by atoms with van der Waals surface area (Å²) in [4.78, 5) is 3.29. The summed E-state index contributed by atoms with van der Waals surface area (Å²) in [5.74, 6) is 1.23. The predicted molar refractivity (Wildman–Crippen MR) is 78.8 cm³/mol. The van der Waals surface area contributed by atoms with Crippen molar-refractivity contribution in [3.8, 4) is 0 Å². The van der Waals surface area contributed by atoms with Crippen molar-refractivity contribution >= 4 is 17.2 Å². The molecule has 0 radical (unpaired) electrons. The predicted octanol–water partition coefficient (Wildman–Crippen LogP) is 2.32. The molecule has 1 aliphatic carbocycles. The molecule has 0 bridgehead atoms. The van der Waals surface area contributed by atoms with E-state index in [2.05, 4.69) is 29.2 Å². The van der Waals surface area contributed by atoms with E-state index in [9.17, 15) is 0 Å². The Morgan fingerprint density at radius 1 is 1.28 bits per heavy atom. The Labute approximate surface area is 114 Å². The number of nitrogens with zero attached hydrogens (tertiary/aromatic N) is 1. The molecule has 18 heavy (non-hydrogen) atoms. The van der Waals surface area contributed by atoms with Crippen LogP contribution in [0.2, 0.25) is 0 Å². The van der Waals surface area contributed by atoms with E-state index in [1.165, 1.54) is 13.0 Å². The number of hydrogen-bond acceptors (Lipinski definition) is 2. The standard InChI is InChI=1S/C15H20N2S/c16-15(18)11-5-7-17(8-6-11)10-13-9-12-3-1-2-4-14(12)13/h1-4,11,13H,5-10H2,(H2,16,18). The van der Waals surface area contributed by atoms with Gasteiger partial charge in [0.2, 0.25) is 0 Å². The highest BCUT2D eigenvalue weighted by molar-refractivity contribution is 7.80. The van der Waals surface area contributed by atoms with Crippen LogP contribution in [-0.2, 0) is 6.42 Å². The SMILES string of the molecule is NC(=S)C1CCN(CC2Cc3ccccc32)CC1. The molecule has 1 saturated heterocycles. The molecule has 2 nitrogen and oxygen atoms in total. The van der Waals surface area contributed by atoms with Crippen LogP contribution in [0.3, 0.4) is 0 Å². The molecule has 1 atom stereocenters. The van der Waals surface area contributed by atoms with Gasteiger partial charge < -0.3 is 10.6 Å². The normalized spacial score (nSPS) is 24.3. The molecule has 2 aliphatic rings. The second kappa shape index (κ2) is 4.98. The molecule has 0 aromatic heterocycles. The first-order chi connectivity index (χ1) is 8.74. The summed E-state index contributed by atoms with van der Waals surface area (Å²) in [6, 6.07) is 8.84. The lowest BCUT2D eigenvalue weighted by Crippen LogP contribution is -2.41. The number of hydrogen-bond donors (Lipinski definition) is 1.